The van der Waals surface area contributed by atoms with Crippen molar-refractivity contribution in [3.63, 3.8) is 0 Å². The summed E-state index contributed by atoms with van der Waals surface area (Å²) in [7, 11) is 1.61. The highest BCUT2D eigenvalue weighted by atomic mass is 16.5. The van der Waals surface area contributed by atoms with Gasteiger partial charge in [-0.1, -0.05) is 11.6 Å². The number of ether oxygens (including phenoxy) is 2. The number of esters is 1. The number of nitrogens with zero attached hydrogens (tertiary/aromatic N) is 3. The van der Waals surface area contributed by atoms with E-state index >= 15 is 0 Å². The molecule has 3 aromatic rings. The number of rotatable bonds is 6. The predicted molar refractivity (Wildman–Crippen MR) is 103 cm³/mol. The summed E-state index contributed by atoms with van der Waals surface area (Å²) >= 11 is 0. The number of carbonyl (C=O) groups excluding carboxylic acids is 1. The molecule has 2 aromatic heterocycles. The molecular formula is C21H25N3O3. The molecule has 0 aliphatic heterocycles. The third kappa shape index (κ3) is 4.10. The Labute approximate surface area is 159 Å². The summed E-state index contributed by atoms with van der Waals surface area (Å²) < 4.78 is 12.6. The van der Waals surface area contributed by atoms with Crippen LogP contribution in [0.2, 0.25) is 0 Å². The summed E-state index contributed by atoms with van der Waals surface area (Å²) in [6, 6.07) is 7.78. The number of hydrogen-bond donors (Lipinski definition) is 0. The number of methoxy groups -OCH3 is 1. The molecule has 0 atom stereocenters. The summed E-state index contributed by atoms with van der Waals surface area (Å²) in [5.74, 6) is 0.484. The van der Waals surface area contributed by atoms with E-state index in [1.807, 2.05) is 56.5 Å². The van der Waals surface area contributed by atoms with Gasteiger partial charge in [0, 0.05) is 29.4 Å². The van der Waals surface area contributed by atoms with Crippen molar-refractivity contribution in [2.24, 2.45) is 0 Å². The standard InChI is InChI=1S/C21H25N3O3/c1-13-6-8-19(26-5)17(10-13)12-27-21(25)9-7-18-15(3)22-20-11-14(2)23-24(20)16(18)4/h6,8,10-11H,7,9,12H2,1-5H3. The Bertz CT molecular complexity index is 992. The molecule has 0 fully saturated rings. The first-order valence-corrected chi connectivity index (χ1v) is 9.00. The molecular weight excluding hydrogens is 342 g/mol. The second kappa shape index (κ2) is 7.78. The van der Waals surface area contributed by atoms with Crippen molar-refractivity contribution in [1.29, 1.82) is 0 Å². The van der Waals surface area contributed by atoms with Gasteiger partial charge in [-0.2, -0.15) is 5.10 Å². The highest BCUT2D eigenvalue weighted by molar-refractivity contribution is 5.70. The van der Waals surface area contributed by atoms with Crippen LogP contribution in [0.3, 0.4) is 0 Å². The van der Waals surface area contributed by atoms with Gasteiger partial charge < -0.3 is 9.47 Å². The average molecular weight is 367 g/mol. The Morgan fingerprint density at radius 1 is 1.15 bits per heavy atom. The maximum atomic E-state index is 12.3. The van der Waals surface area contributed by atoms with Gasteiger partial charge in [-0.05, 0) is 51.8 Å². The molecule has 0 amide bonds. The van der Waals surface area contributed by atoms with Crippen molar-refractivity contribution in [2.75, 3.05) is 7.11 Å². The molecule has 0 aliphatic rings. The fourth-order valence-electron chi connectivity index (χ4n) is 3.28. The lowest BCUT2D eigenvalue weighted by Crippen LogP contribution is -2.10. The molecule has 2 heterocycles. The van der Waals surface area contributed by atoms with Crippen molar-refractivity contribution in [3.8, 4) is 5.75 Å². The van der Waals surface area contributed by atoms with Crippen LogP contribution in [-0.2, 0) is 22.6 Å². The van der Waals surface area contributed by atoms with Crippen LogP contribution in [0.5, 0.6) is 5.75 Å². The van der Waals surface area contributed by atoms with Crippen molar-refractivity contribution in [3.05, 3.63) is 58.0 Å². The molecule has 0 saturated heterocycles. The maximum Gasteiger partial charge on any atom is 0.306 e. The van der Waals surface area contributed by atoms with Crippen molar-refractivity contribution in [1.82, 2.24) is 14.6 Å². The van der Waals surface area contributed by atoms with Gasteiger partial charge in [0.15, 0.2) is 5.65 Å². The molecule has 6 heteroatoms. The summed E-state index contributed by atoms with van der Waals surface area (Å²) in [6.45, 7) is 8.12. The molecule has 0 saturated carbocycles. The predicted octanol–water partition coefficient (Wildman–Crippen LogP) is 3.65. The van der Waals surface area contributed by atoms with Crippen LogP contribution in [0.4, 0.5) is 0 Å². The largest absolute Gasteiger partial charge is 0.496 e. The van der Waals surface area contributed by atoms with E-state index in [2.05, 4.69) is 10.1 Å². The van der Waals surface area contributed by atoms with E-state index in [9.17, 15) is 4.79 Å². The zero-order chi connectivity index (χ0) is 19.6. The first-order valence-electron chi connectivity index (χ1n) is 9.00. The molecule has 0 aliphatic carbocycles. The quantitative estimate of drug-likeness (QED) is 0.622. The van der Waals surface area contributed by atoms with Gasteiger partial charge in [-0.3, -0.25) is 4.79 Å². The first kappa shape index (κ1) is 18.9. The van der Waals surface area contributed by atoms with Crippen molar-refractivity contribution < 1.29 is 14.3 Å². The number of benzene rings is 1. The number of carbonyl (C=O) groups is 1. The summed E-state index contributed by atoms with van der Waals surface area (Å²) in [4.78, 5) is 16.9. The van der Waals surface area contributed by atoms with E-state index in [0.29, 0.717) is 12.8 Å². The topological polar surface area (TPSA) is 65.7 Å². The van der Waals surface area contributed by atoms with Crippen LogP contribution < -0.4 is 4.74 Å². The van der Waals surface area contributed by atoms with E-state index in [1.165, 1.54) is 0 Å². The van der Waals surface area contributed by atoms with Gasteiger partial charge in [0.25, 0.3) is 0 Å². The lowest BCUT2D eigenvalue weighted by atomic mass is 10.1. The van der Waals surface area contributed by atoms with Crippen LogP contribution in [-0.4, -0.2) is 27.7 Å². The number of aryl methyl sites for hydroxylation is 4. The third-order valence-electron chi connectivity index (χ3n) is 4.69. The van der Waals surface area contributed by atoms with Crippen LogP contribution in [0.15, 0.2) is 24.3 Å². The Balaban J connectivity index is 1.66. The minimum atomic E-state index is -0.242. The second-order valence-electron chi connectivity index (χ2n) is 6.79. The molecule has 0 radical (unpaired) electrons. The Hall–Kier alpha value is -2.89. The van der Waals surface area contributed by atoms with Crippen LogP contribution in [0.1, 0.15) is 40.2 Å². The SMILES string of the molecule is COc1ccc(C)cc1COC(=O)CCc1c(C)nc2cc(C)nn2c1C. The highest BCUT2D eigenvalue weighted by Crippen LogP contribution is 2.21. The minimum absolute atomic E-state index is 0.206. The first-order chi connectivity index (χ1) is 12.9. The number of hydrogen-bond acceptors (Lipinski definition) is 5. The second-order valence-corrected chi connectivity index (χ2v) is 6.79. The van der Waals surface area contributed by atoms with Crippen LogP contribution in [0.25, 0.3) is 5.65 Å². The molecule has 0 spiro atoms. The lowest BCUT2D eigenvalue weighted by molar-refractivity contribution is -0.144. The van der Waals surface area contributed by atoms with E-state index in [-0.39, 0.29) is 12.6 Å². The maximum absolute atomic E-state index is 12.3. The smallest absolute Gasteiger partial charge is 0.306 e. The molecule has 1 aromatic carbocycles. The van der Waals surface area contributed by atoms with Gasteiger partial charge >= 0.3 is 5.97 Å². The monoisotopic (exact) mass is 367 g/mol. The van der Waals surface area contributed by atoms with E-state index in [4.69, 9.17) is 9.47 Å². The lowest BCUT2D eigenvalue weighted by Gasteiger charge is -2.12. The minimum Gasteiger partial charge on any atom is -0.496 e. The molecule has 142 valence electrons. The Kier molecular flexibility index (Phi) is 5.44. The summed E-state index contributed by atoms with van der Waals surface area (Å²) in [5, 5.41) is 4.47. The normalized spacial score (nSPS) is 11.0. The third-order valence-corrected chi connectivity index (χ3v) is 4.69. The van der Waals surface area contributed by atoms with Gasteiger partial charge in [-0.15, -0.1) is 0 Å². The Morgan fingerprint density at radius 2 is 1.93 bits per heavy atom. The van der Waals surface area contributed by atoms with Crippen molar-refractivity contribution >= 4 is 11.6 Å². The molecule has 27 heavy (non-hydrogen) atoms. The van der Waals surface area contributed by atoms with Gasteiger partial charge in [0.1, 0.15) is 12.4 Å². The number of fused-ring (bicyclic) bond motifs is 1. The number of aromatic nitrogens is 3. The van der Waals surface area contributed by atoms with E-state index in [0.717, 1.165) is 45.2 Å². The van der Waals surface area contributed by atoms with Crippen molar-refractivity contribution in [2.45, 2.75) is 47.1 Å². The van der Waals surface area contributed by atoms with Gasteiger partial charge in [0.05, 0.1) is 12.8 Å². The summed E-state index contributed by atoms with van der Waals surface area (Å²) in [6.07, 6.45) is 0.868. The molecule has 6 nitrogen and oxygen atoms in total. The fourth-order valence-corrected chi connectivity index (χ4v) is 3.28. The highest BCUT2D eigenvalue weighted by Gasteiger charge is 2.14. The van der Waals surface area contributed by atoms with E-state index < -0.39 is 0 Å². The zero-order valence-corrected chi connectivity index (χ0v) is 16.5. The molecule has 3 rings (SSSR count). The van der Waals surface area contributed by atoms with Crippen LogP contribution in [0, 0.1) is 27.7 Å². The molecule has 0 bridgehead atoms. The average Bonchev–Trinajstić information content (AvgIpc) is 3.00. The summed E-state index contributed by atoms with van der Waals surface area (Å²) in [5.41, 5.74) is 6.70. The fraction of sp³-hybridized carbons (Fsp3) is 0.381. The zero-order valence-electron chi connectivity index (χ0n) is 16.5. The van der Waals surface area contributed by atoms with E-state index in [1.54, 1.807) is 7.11 Å². The van der Waals surface area contributed by atoms with Crippen LogP contribution >= 0.6 is 0 Å². The molecule has 0 N–H and O–H groups in total. The van der Waals surface area contributed by atoms with Gasteiger partial charge in [0.2, 0.25) is 0 Å². The molecule has 0 unspecified atom stereocenters. The van der Waals surface area contributed by atoms with Gasteiger partial charge in [-0.25, -0.2) is 9.50 Å². The Morgan fingerprint density at radius 3 is 2.67 bits per heavy atom.